The lowest BCUT2D eigenvalue weighted by atomic mass is 9.99. The molecule has 2 amide bonds. The van der Waals surface area contributed by atoms with Crippen molar-refractivity contribution in [3.63, 3.8) is 0 Å². The summed E-state index contributed by atoms with van der Waals surface area (Å²) in [6.07, 6.45) is 3.37. The van der Waals surface area contributed by atoms with Gasteiger partial charge in [0.15, 0.2) is 0 Å². The van der Waals surface area contributed by atoms with Gasteiger partial charge >= 0.3 is 0 Å². The first kappa shape index (κ1) is 24.1. The maximum absolute atomic E-state index is 12.3. The molecule has 4 aromatic carbocycles. The van der Waals surface area contributed by atoms with Crippen LogP contribution in [0.1, 0.15) is 43.0 Å². The van der Waals surface area contributed by atoms with Gasteiger partial charge in [0.1, 0.15) is 5.75 Å². The topological polar surface area (TPSA) is 103 Å². The summed E-state index contributed by atoms with van der Waals surface area (Å²) in [5.41, 5.74) is 8.65. The highest BCUT2D eigenvalue weighted by molar-refractivity contribution is 5.97. The fourth-order valence-corrected chi connectivity index (χ4v) is 3.50. The number of rotatable bonds is 8. The van der Waals surface area contributed by atoms with Crippen molar-refractivity contribution in [2.75, 3.05) is 0 Å². The van der Waals surface area contributed by atoms with Crippen molar-refractivity contribution in [3.8, 4) is 5.75 Å². The van der Waals surface area contributed by atoms with Gasteiger partial charge in [-0.15, -0.1) is 0 Å². The third kappa shape index (κ3) is 6.51. The van der Waals surface area contributed by atoms with Gasteiger partial charge in [-0.3, -0.25) is 9.59 Å². The van der Waals surface area contributed by atoms with Gasteiger partial charge < -0.3 is 5.11 Å². The Morgan fingerprint density at radius 2 is 1.06 bits per heavy atom. The maximum atomic E-state index is 12.3. The fourth-order valence-electron chi connectivity index (χ4n) is 3.50. The second-order valence-corrected chi connectivity index (χ2v) is 7.92. The first-order valence-electron chi connectivity index (χ1n) is 11.3. The van der Waals surface area contributed by atoms with E-state index in [1.54, 1.807) is 60.7 Å². The van der Waals surface area contributed by atoms with Crippen molar-refractivity contribution in [1.82, 2.24) is 10.9 Å². The Morgan fingerprint density at radius 1 is 0.639 bits per heavy atom. The highest BCUT2D eigenvalue weighted by atomic mass is 16.3. The van der Waals surface area contributed by atoms with Crippen LogP contribution in [0.25, 0.3) is 0 Å². The minimum atomic E-state index is -0.364. The summed E-state index contributed by atoms with van der Waals surface area (Å²) in [5, 5.41) is 18.9. The lowest BCUT2D eigenvalue weighted by Gasteiger charge is -2.09. The number of amides is 2. The van der Waals surface area contributed by atoms with Crippen LogP contribution in [0.2, 0.25) is 0 Å². The number of hydrogen-bond acceptors (Lipinski definition) is 5. The molecular formula is C29H24N4O3. The van der Waals surface area contributed by atoms with Crippen LogP contribution < -0.4 is 10.9 Å². The van der Waals surface area contributed by atoms with Crippen molar-refractivity contribution >= 4 is 24.2 Å². The molecule has 0 aliphatic heterocycles. The molecule has 0 aliphatic rings. The summed E-state index contributed by atoms with van der Waals surface area (Å²) < 4.78 is 0. The van der Waals surface area contributed by atoms with E-state index in [4.69, 9.17) is 0 Å². The first-order valence-corrected chi connectivity index (χ1v) is 11.3. The van der Waals surface area contributed by atoms with Crippen LogP contribution in [0.5, 0.6) is 5.75 Å². The van der Waals surface area contributed by atoms with Gasteiger partial charge in [0.25, 0.3) is 11.8 Å². The summed E-state index contributed by atoms with van der Waals surface area (Å²) in [5.74, 6) is -0.809. The normalized spacial score (nSPS) is 11.0. The van der Waals surface area contributed by atoms with Crippen molar-refractivity contribution in [2.24, 2.45) is 10.2 Å². The lowest BCUT2D eigenvalue weighted by Crippen LogP contribution is -2.17. The Labute approximate surface area is 208 Å². The van der Waals surface area contributed by atoms with Crippen LogP contribution in [0, 0.1) is 0 Å². The van der Waals surface area contributed by atoms with E-state index >= 15 is 0 Å². The number of carbonyl (C=O) groups is 2. The van der Waals surface area contributed by atoms with E-state index < -0.39 is 0 Å². The Morgan fingerprint density at radius 3 is 1.50 bits per heavy atom. The van der Waals surface area contributed by atoms with Gasteiger partial charge in [-0.05, 0) is 53.9 Å². The van der Waals surface area contributed by atoms with Crippen molar-refractivity contribution < 1.29 is 14.7 Å². The van der Waals surface area contributed by atoms with Crippen molar-refractivity contribution in [2.45, 2.75) is 6.42 Å². The van der Waals surface area contributed by atoms with Crippen molar-refractivity contribution in [1.29, 1.82) is 0 Å². The Bertz CT molecular complexity index is 1300. The standard InChI is InChI=1S/C29H24N4O3/c34-27-25(19-30-32-28(35)23-12-6-2-7-13-23)17-22(16-21-10-4-1-5-11-21)18-26(27)20-31-33-29(36)24-14-8-3-9-15-24/h1-15,17-20,34H,16H2,(H,32,35)(H,33,36)/b30-19+,31-20+. The summed E-state index contributed by atoms with van der Waals surface area (Å²) in [6, 6.07) is 30.9. The molecule has 0 fully saturated rings. The molecule has 0 radical (unpaired) electrons. The largest absolute Gasteiger partial charge is 0.507 e. The Balaban J connectivity index is 1.56. The highest BCUT2D eigenvalue weighted by Crippen LogP contribution is 2.24. The predicted octanol–water partition coefficient (Wildman–Crippen LogP) is 4.51. The van der Waals surface area contributed by atoms with E-state index in [2.05, 4.69) is 21.1 Å². The molecule has 0 atom stereocenters. The quantitative estimate of drug-likeness (QED) is 0.257. The number of carbonyl (C=O) groups excluding carboxylic acids is 2. The molecule has 7 nitrogen and oxygen atoms in total. The van der Waals surface area contributed by atoms with E-state index in [0.29, 0.717) is 28.7 Å². The fraction of sp³-hybridized carbons (Fsp3) is 0.0345. The Hall–Kier alpha value is -5.04. The summed E-state index contributed by atoms with van der Waals surface area (Å²) in [4.78, 5) is 24.5. The van der Waals surface area contributed by atoms with Gasteiger partial charge in [0, 0.05) is 22.3 Å². The smallest absolute Gasteiger partial charge is 0.271 e. The van der Waals surface area contributed by atoms with Crippen LogP contribution in [0.3, 0.4) is 0 Å². The van der Waals surface area contributed by atoms with Crippen LogP contribution in [0.4, 0.5) is 0 Å². The molecule has 36 heavy (non-hydrogen) atoms. The van der Waals surface area contributed by atoms with Crippen molar-refractivity contribution in [3.05, 3.63) is 137 Å². The Kier molecular flexibility index (Phi) is 7.96. The third-order valence-corrected chi connectivity index (χ3v) is 5.29. The number of nitrogens with one attached hydrogen (secondary N) is 2. The predicted molar refractivity (Wildman–Crippen MR) is 140 cm³/mol. The number of phenolic OH excluding ortho intramolecular Hbond substituents is 1. The molecule has 0 aromatic heterocycles. The number of phenols is 1. The average Bonchev–Trinajstić information content (AvgIpc) is 2.92. The molecule has 4 rings (SSSR count). The van der Waals surface area contributed by atoms with E-state index in [0.717, 1.165) is 11.1 Å². The minimum Gasteiger partial charge on any atom is -0.507 e. The first-order chi connectivity index (χ1) is 17.6. The summed E-state index contributed by atoms with van der Waals surface area (Å²) >= 11 is 0. The van der Waals surface area contributed by atoms with E-state index in [-0.39, 0.29) is 17.6 Å². The van der Waals surface area contributed by atoms with Gasteiger partial charge in [0.05, 0.1) is 12.4 Å². The number of hydrogen-bond donors (Lipinski definition) is 3. The van der Waals surface area contributed by atoms with E-state index in [9.17, 15) is 14.7 Å². The zero-order chi connectivity index (χ0) is 25.2. The van der Waals surface area contributed by atoms with Gasteiger partial charge in [-0.1, -0.05) is 66.7 Å². The highest BCUT2D eigenvalue weighted by Gasteiger charge is 2.10. The monoisotopic (exact) mass is 476 g/mol. The number of benzene rings is 4. The molecule has 7 heteroatoms. The molecular weight excluding hydrogens is 452 g/mol. The van der Waals surface area contributed by atoms with Gasteiger partial charge in [-0.2, -0.15) is 10.2 Å². The molecule has 178 valence electrons. The zero-order valence-corrected chi connectivity index (χ0v) is 19.3. The minimum absolute atomic E-state index is 0.0813. The van der Waals surface area contributed by atoms with Crippen LogP contribution in [0.15, 0.2) is 113 Å². The second kappa shape index (κ2) is 11.9. The number of aromatic hydroxyl groups is 1. The molecule has 4 aromatic rings. The molecule has 0 aliphatic carbocycles. The van der Waals surface area contributed by atoms with E-state index in [1.165, 1.54) is 12.4 Å². The van der Waals surface area contributed by atoms with Gasteiger partial charge in [0.2, 0.25) is 0 Å². The van der Waals surface area contributed by atoms with Gasteiger partial charge in [-0.25, -0.2) is 10.9 Å². The molecule has 0 spiro atoms. The lowest BCUT2D eigenvalue weighted by molar-refractivity contribution is 0.0947. The third-order valence-electron chi connectivity index (χ3n) is 5.29. The van der Waals surface area contributed by atoms with Crippen LogP contribution in [-0.4, -0.2) is 29.4 Å². The zero-order valence-electron chi connectivity index (χ0n) is 19.3. The molecule has 3 N–H and O–H groups in total. The molecule has 0 unspecified atom stereocenters. The number of nitrogens with zero attached hydrogens (tertiary/aromatic N) is 2. The summed E-state index contributed by atoms with van der Waals surface area (Å²) in [7, 11) is 0. The second-order valence-electron chi connectivity index (χ2n) is 7.92. The SMILES string of the molecule is O=C(N/N=C/c1cc(Cc2ccccc2)cc(/C=N/NC(=O)c2ccccc2)c1O)c1ccccc1. The molecule has 0 bridgehead atoms. The molecule has 0 saturated heterocycles. The maximum Gasteiger partial charge on any atom is 0.271 e. The average molecular weight is 477 g/mol. The number of hydrazone groups is 2. The summed E-state index contributed by atoms with van der Waals surface area (Å²) in [6.45, 7) is 0. The van der Waals surface area contributed by atoms with E-state index in [1.807, 2.05) is 42.5 Å². The van der Waals surface area contributed by atoms with Crippen LogP contribution >= 0.6 is 0 Å². The molecule has 0 saturated carbocycles. The van der Waals surface area contributed by atoms with Crippen LogP contribution in [-0.2, 0) is 6.42 Å². The molecule has 0 heterocycles.